The molecule has 0 unspecified atom stereocenters. The van der Waals surface area contributed by atoms with Crippen molar-refractivity contribution in [3.8, 4) is 0 Å². The van der Waals surface area contributed by atoms with Crippen LogP contribution in [0.15, 0.2) is 36.9 Å². The third kappa shape index (κ3) is 2.92. The Labute approximate surface area is 89.6 Å². The van der Waals surface area contributed by atoms with Crippen molar-refractivity contribution in [2.75, 3.05) is 24.6 Å². The van der Waals surface area contributed by atoms with Crippen LogP contribution in [0.1, 0.15) is 10.4 Å². The molecule has 80 valence electrons. The molecule has 0 fully saturated rings. The lowest BCUT2D eigenvalue weighted by molar-refractivity contribution is 0.112. The van der Waals surface area contributed by atoms with E-state index in [1.165, 1.54) is 0 Å². The molecular weight excluding hydrogens is 190 g/mol. The van der Waals surface area contributed by atoms with Gasteiger partial charge >= 0.3 is 0 Å². The lowest BCUT2D eigenvalue weighted by Crippen LogP contribution is -2.27. The summed E-state index contributed by atoms with van der Waals surface area (Å²) in [4.78, 5) is 12.7. The number of rotatable bonds is 6. The number of aldehydes is 1. The molecule has 0 heterocycles. The normalized spacial score (nSPS) is 9.67. The summed E-state index contributed by atoms with van der Waals surface area (Å²) in [5.74, 6) is 0. The van der Waals surface area contributed by atoms with E-state index in [9.17, 15) is 4.79 Å². The number of aliphatic hydroxyl groups is 1. The molecule has 1 aromatic rings. The second-order valence-corrected chi connectivity index (χ2v) is 3.13. The van der Waals surface area contributed by atoms with Crippen LogP contribution in [0.4, 0.5) is 5.69 Å². The standard InChI is InChI=1S/C12H15NO2/c1-2-7-13(8-9-14)12-6-4-3-5-11(12)10-15/h2-6,10,14H,1,7-9H2. The summed E-state index contributed by atoms with van der Waals surface area (Å²) in [6.45, 7) is 4.82. The number of para-hydroxylation sites is 1. The van der Waals surface area contributed by atoms with Gasteiger partial charge in [0.25, 0.3) is 0 Å². The molecule has 0 spiro atoms. The van der Waals surface area contributed by atoms with E-state index in [2.05, 4.69) is 6.58 Å². The summed E-state index contributed by atoms with van der Waals surface area (Å²) < 4.78 is 0. The molecule has 1 aromatic carbocycles. The van der Waals surface area contributed by atoms with Crippen LogP contribution in [0.3, 0.4) is 0 Å². The Morgan fingerprint density at radius 3 is 2.73 bits per heavy atom. The first-order valence-electron chi connectivity index (χ1n) is 4.84. The molecule has 0 aliphatic heterocycles. The third-order valence-electron chi connectivity index (χ3n) is 2.12. The lowest BCUT2D eigenvalue weighted by atomic mass is 10.1. The summed E-state index contributed by atoms with van der Waals surface area (Å²) in [5, 5.41) is 8.92. The highest BCUT2D eigenvalue weighted by molar-refractivity contribution is 5.84. The Bertz CT molecular complexity index is 336. The molecule has 0 aromatic heterocycles. The first-order valence-corrected chi connectivity index (χ1v) is 4.84. The topological polar surface area (TPSA) is 40.5 Å². The Balaban J connectivity index is 2.97. The zero-order chi connectivity index (χ0) is 11.1. The number of hydrogen-bond donors (Lipinski definition) is 1. The van der Waals surface area contributed by atoms with E-state index in [0.29, 0.717) is 18.7 Å². The average Bonchev–Trinajstić information content (AvgIpc) is 2.29. The lowest BCUT2D eigenvalue weighted by Gasteiger charge is -2.23. The van der Waals surface area contributed by atoms with Crippen LogP contribution in [0.25, 0.3) is 0 Å². The van der Waals surface area contributed by atoms with Gasteiger partial charge in [0, 0.05) is 24.3 Å². The fourth-order valence-electron chi connectivity index (χ4n) is 1.46. The van der Waals surface area contributed by atoms with E-state index in [0.717, 1.165) is 12.0 Å². The number of aliphatic hydroxyl groups excluding tert-OH is 1. The highest BCUT2D eigenvalue weighted by atomic mass is 16.3. The quantitative estimate of drug-likeness (QED) is 0.565. The van der Waals surface area contributed by atoms with Crippen LogP contribution >= 0.6 is 0 Å². The van der Waals surface area contributed by atoms with Gasteiger partial charge in [-0.2, -0.15) is 0 Å². The maximum atomic E-state index is 10.8. The first-order chi connectivity index (χ1) is 7.33. The van der Waals surface area contributed by atoms with Crippen LogP contribution in [0, 0.1) is 0 Å². The summed E-state index contributed by atoms with van der Waals surface area (Å²) in [5.41, 5.74) is 1.47. The van der Waals surface area contributed by atoms with E-state index >= 15 is 0 Å². The number of nitrogens with zero attached hydrogens (tertiary/aromatic N) is 1. The SMILES string of the molecule is C=CCN(CCO)c1ccccc1C=O. The Morgan fingerprint density at radius 2 is 2.13 bits per heavy atom. The van der Waals surface area contributed by atoms with Crippen LogP contribution in [0.2, 0.25) is 0 Å². The summed E-state index contributed by atoms with van der Waals surface area (Å²) in [6, 6.07) is 7.31. The van der Waals surface area contributed by atoms with Crippen molar-refractivity contribution in [1.29, 1.82) is 0 Å². The molecule has 0 aliphatic carbocycles. The minimum Gasteiger partial charge on any atom is -0.395 e. The molecule has 0 atom stereocenters. The van der Waals surface area contributed by atoms with Crippen LogP contribution < -0.4 is 4.90 Å². The zero-order valence-corrected chi connectivity index (χ0v) is 8.60. The number of benzene rings is 1. The van der Waals surface area contributed by atoms with Crippen molar-refractivity contribution in [3.63, 3.8) is 0 Å². The van der Waals surface area contributed by atoms with Gasteiger partial charge in [0.1, 0.15) is 0 Å². The molecule has 0 amide bonds. The average molecular weight is 205 g/mol. The zero-order valence-electron chi connectivity index (χ0n) is 8.60. The fourth-order valence-corrected chi connectivity index (χ4v) is 1.46. The van der Waals surface area contributed by atoms with E-state index in [1.54, 1.807) is 12.1 Å². The molecule has 1 rings (SSSR count). The highest BCUT2D eigenvalue weighted by Gasteiger charge is 2.07. The van der Waals surface area contributed by atoms with E-state index in [1.807, 2.05) is 23.1 Å². The Morgan fingerprint density at radius 1 is 1.40 bits per heavy atom. The maximum absolute atomic E-state index is 10.8. The molecular formula is C12H15NO2. The number of anilines is 1. The Kier molecular flexibility index (Phi) is 4.57. The molecule has 15 heavy (non-hydrogen) atoms. The summed E-state index contributed by atoms with van der Waals surface area (Å²) in [6.07, 6.45) is 2.57. The molecule has 3 heteroatoms. The van der Waals surface area contributed by atoms with Gasteiger partial charge in [-0.25, -0.2) is 0 Å². The van der Waals surface area contributed by atoms with Crippen LogP contribution in [-0.2, 0) is 0 Å². The fraction of sp³-hybridized carbons (Fsp3) is 0.250. The minimum atomic E-state index is 0.0566. The highest BCUT2D eigenvalue weighted by Crippen LogP contribution is 2.18. The van der Waals surface area contributed by atoms with Crippen LogP contribution in [-0.4, -0.2) is 31.1 Å². The van der Waals surface area contributed by atoms with Gasteiger partial charge in [-0.3, -0.25) is 4.79 Å². The second kappa shape index (κ2) is 5.98. The van der Waals surface area contributed by atoms with Crippen molar-refractivity contribution in [1.82, 2.24) is 0 Å². The predicted octanol–water partition coefficient (Wildman–Crippen LogP) is 1.48. The summed E-state index contributed by atoms with van der Waals surface area (Å²) in [7, 11) is 0. The minimum absolute atomic E-state index is 0.0566. The van der Waals surface area contributed by atoms with E-state index in [-0.39, 0.29) is 6.61 Å². The van der Waals surface area contributed by atoms with E-state index < -0.39 is 0 Å². The van der Waals surface area contributed by atoms with Gasteiger partial charge in [-0.1, -0.05) is 18.2 Å². The number of carbonyl (C=O) groups is 1. The van der Waals surface area contributed by atoms with Crippen molar-refractivity contribution >= 4 is 12.0 Å². The van der Waals surface area contributed by atoms with Gasteiger partial charge < -0.3 is 10.0 Å². The van der Waals surface area contributed by atoms with Crippen molar-refractivity contribution < 1.29 is 9.90 Å². The molecule has 0 aliphatic rings. The summed E-state index contributed by atoms with van der Waals surface area (Å²) >= 11 is 0. The molecule has 3 nitrogen and oxygen atoms in total. The maximum Gasteiger partial charge on any atom is 0.152 e. The van der Waals surface area contributed by atoms with Crippen molar-refractivity contribution in [3.05, 3.63) is 42.5 Å². The van der Waals surface area contributed by atoms with Crippen LogP contribution in [0.5, 0.6) is 0 Å². The second-order valence-electron chi connectivity index (χ2n) is 3.13. The van der Waals surface area contributed by atoms with Gasteiger partial charge in [0.05, 0.1) is 6.61 Å². The van der Waals surface area contributed by atoms with E-state index in [4.69, 9.17) is 5.11 Å². The predicted molar refractivity (Wildman–Crippen MR) is 61.3 cm³/mol. The van der Waals surface area contributed by atoms with Gasteiger partial charge in [0.15, 0.2) is 6.29 Å². The molecule has 0 saturated heterocycles. The third-order valence-corrected chi connectivity index (χ3v) is 2.12. The number of carbonyl (C=O) groups excluding carboxylic acids is 1. The van der Waals surface area contributed by atoms with Gasteiger partial charge in [-0.15, -0.1) is 6.58 Å². The smallest absolute Gasteiger partial charge is 0.152 e. The molecule has 0 saturated carbocycles. The first kappa shape index (κ1) is 11.5. The monoisotopic (exact) mass is 205 g/mol. The molecule has 0 bridgehead atoms. The Hall–Kier alpha value is -1.61. The van der Waals surface area contributed by atoms with Gasteiger partial charge in [0.2, 0.25) is 0 Å². The number of hydrogen-bond acceptors (Lipinski definition) is 3. The van der Waals surface area contributed by atoms with Crippen molar-refractivity contribution in [2.45, 2.75) is 0 Å². The van der Waals surface area contributed by atoms with Crippen molar-refractivity contribution in [2.24, 2.45) is 0 Å². The molecule has 0 radical (unpaired) electrons. The van der Waals surface area contributed by atoms with Gasteiger partial charge in [-0.05, 0) is 12.1 Å². The largest absolute Gasteiger partial charge is 0.395 e. The molecule has 1 N–H and O–H groups in total.